The highest BCUT2D eigenvalue weighted by atomic mass is 16.7. The SMILES string of the molecule is CC1(C)OB(C2=CC[C@@]34CC3(C2)OCCO4)OC1(C)C. The summed E-state index contributed by atoms with van der Waals surface area (Å²) in [5, 5.41) is 0. The summed E-state index contributed by atoms with van der Waals surface area (Å²) in [7, 11) is -0.237. The largest absolute Gasteiger partial charge is 0.490 e. The van der Waals surface area contributed by atoms with Crippen molar-refractivity contribution in [3.05, 3.63) is 11.5 Å². The third-order valence-corrected chi connectivity index (χ3v) is 5.86. The first-order valence-corrected chi connectivity index (χ1v) is 7.62. The van der Waals surface area contributed by atoms with Gasteiger partial charge in [0, 0.05) is 6.42 Å². The van der Waals surface area contributed by atoms with Crippen molar-refractivity contribution < 1.29 is 18.8 Å². The maximum Gasteiger partial charge on any atom is 0.490 e. The van der Waals surface area contributed by atoms with Gasteiger partial charge in [-0.3, -0.25) is 0 Å². The summed E-state index contributed by atoms with van der Waals surface area (Å²) in [5.41, 5.74) is 0.524. The zero-order valence-electron chi connectivity index (χ0n) is 12.8. The van der Waals surface area contributed by atoms with Crippen LogP contribution in [0.1, 0.15) is 47.0 Å². The molecule has 0 N–H and O–H groups in total. The van der Waals surface area contributed by atoms with E-state index in [0.29, 0.717) is 6.61 Å². The first-order valence-electron chi connectivity index (χ1n) is 7.62. The predicted octanol–water partition coefficient (Wildman–Crippen LogP) is 2.27. The summed E-state index contributed by atoms with van der Waals surface area (Å²) in [6.45, 7) is 9.80. The minimum atomic E-state index is -0.280. The van der Waals surface area contributed by atoms with Crippen molar-refractivity contribution in [2.45, 2.75) is 69.4 Å². The van der Waals surface area contributed by atoms with E-state index in [9.17, 15) is 0 Å². The molecule has 4 rings (SSSR count). The van der Waals surface area contributed by atoms with Gasteiger partial charge < -0.3 is 18.8 Å². The molecule has 110 valence electrons. The summed E-state index contributed by atoms with van der Waals surface area (Å²) in [4.78, 5) is 0. The van der Waals surface area contributed by atoms with Gasteiger partial charge in [0.15, 0.2) is 0 Å². The van der Waals surface area contributed by atoms with Gasteiger partial charge in [-0.25, -0.2) is 0 Å². The van der Waals surface area contributed by atoms with Crippen molar-refractivity contribution in [1.29, 1.82) is 0 Å². The maximum absolute atomic E-state index is 6.16. The van der Waals surface area contributed by atoms with Gasteiger partial charge in [0.1, 0.15) is 11.2 Å². The average molecular weight is 278 g/mol. The van der Waals surface area contributed by atoms with Crippen LogP contribution >= 0.6 is 0 Å². The Morgan fingerprint density at radius 2 is 1.55 bits per heavy atom. The highest BCUT2D eigenvalue weighted by Gasteiger charge is 2.73. The van der Waals surface area contributed by atoms with E-state index in [1.165, 1.54) is 5.47 Å². The Morgan fingerprint density at radius 1 is 0.950 bits per heavy atom. The second kappa shape index (κ2) is 3.69. The third-order valence-electron chi connectivity index (χ3n) is 5.86. The van der Waals surface area contributed by atoms with Crippen LogP contribution in [0.15, 0.2) is 11.5 Å². The second-order valence-corrected chi connectivity index (χ2v) is 7.61. The standard InChI is InChI=1S/C15H23BO4/c1-12(2)13(3,4)20-16(19-12)11-5-6-14-10-15(14,9-11)18-8-7-17-14/h5H,6-10H2,1-4H3/t14-,15?/m1/s1. The van der Waals surface area contributed by atoms with Crippen LogP contribution in [0.25, 0.3) is 0 Å². The van der Waals surface area contributed by atoms with Crippen LogP contribution in [0.3, 0.4) is 0 Å². The fraction of sp³-hybridized carbons (Fsp3) is 0.867. The first kappa shape index (κ1) is 13.3. The van der Waals surface area contributed by atoms with Crippen LogP contribution in [-0.2, 0) is 18.8 Å². The number of ether oxygens (including phenoxy) is 2. The normalized spacial score (nSPS) is 44.6. The molecule has 0 aromatic carbocycles. The van der Waals surface area contributed by atoms with Gasteiger partial charge in [-0.2, -0.15) is 0 Å². The molecule has 0 bridgehead atoms. The summed E-state index contributed by atoms with van der Waals surface area (Å²) in [5.74, 6) is 0. The average Bonchev–Trinajstić information content (AvgIpc) is 2.99. The van der Waals surface area contributed by atoms with Crippen molar-refractivity contribution in [3.8, 4) is 0 Å². The highest BCUT2D eigenvalue weighted by Crippen LogP contribution is 2.63. The van der Waals surface area contributed by atoms with E-state index < -0.39 is 0 Å². The molecular formula is C15H23BO4. The summed E-state index contributed by atoms with van der Waals surface area (Å²) < 4.78 is 24.3. The molecule has 0 spiro atoms. The van der Waals surface area contributed by atoms with Crippen molar-refractivity contribution in [2.24, 2.45) is 0 Å². The molecule has 0 amide bonds. The Hall–Kier alpha value is -0.355. The minimum Gasteiger partial charge on any atom is -0.400 e. The van der Waals surface area contributed by atoms with E-state index in [1.807, 2.05) is 0 Å². The molecule has 4 nitrogen and oxygen atoms in total. The van der Waals surface area contributed by atoms with Gasteiger partial charge in [0.25, 0.3) is 0 Å². The fourth-order valence-corrected chi connectivity index (χ4v) is 3.72. The second-order valence-electron chi connectivity index (χ2n) is 7.61. The van der Waals surface area contributed by atoms with E-state index in [4.69, 9.17) is 18.8 Å². The van der Waals surface area contributed by atoms with E-state index in [-0.39, 0.29) is 29.5 Å². The monoisotopic (exact) mass is 278 g/mol. The molecule has 0 aromatic rings. The molecule has 20 heavy (non-hydrogen) atoms. The van der Waals surface area contributed by atoms with Crippen molar-refractivity contribution in [2.75, 3.05) is 13.2 Å². The van der Waals surface area contributed by atoms with Crippen molar-refractivity contribution in [1.82, 2.24) is 0 Å². The lowest BCUT2D eigenvalue weighted by Gasteiger charge is -2.34. The molecule has 1 saturated carbocycles. The molecule has 2 aliphatic carbocycles. The molecule has 2 atom stereocenters. The number of hydrogen-bond donors (Lipinski definition) is 0. The molecule has 4 aliphatic rings. The lowest BCUT2D eigenvalue weighted by molar-refractivity contribution is -0.139. The fourth-order valence-electron chi connectivity index (χ4n) is 3.72. The quantitative estimate of drug-likeness (QED) is 0.689. The molecule has 5 heteroatoms. The molecule has 2 heterocycles. The minimum absolute atomic E-state index is 0.0433. The first-order chi connectivity index (χ1) is 9.29. The zero-order valence-corrected chi connectivity index (χ0v) is 12.8. The number of rotatable bonds is 1. The molecule has 2 aliphatic heterocycles. The lowest BCUT2D eigenvalue weighted by Crippen LogP contribution is -2.42. The Kier molecular flexibility index (Phi) is 2.46. The summed E-state index contributed by atoms with van der Waals surface area (Å²) >= 11 is 0. The number of hydrogen-bond acceptors (Lipinski definition) is 4. The Bertz CT molecular complexity index is 470. The van der Waals surface area contributed by atoms with Crippen molar-refractivity contribution >= 4 is 7.12 Å². The third kappa shape index (κ3) is 1.58. The predicted molar refractivity (Wildman–Crippen MR) is 75.4 cm³/mol. The van der Waals surface area contributed by atoms with Crippen LogP contribution in [-0.4, -0.2) is 42.7 Å². The summed E-state index contributed by atoms with van der Waals surface area (Å²) in [6.07, 6.45) is 5.07. The molecular weight excluding hydrogens is 255 g/mol. The molecule has 0 radical (unpaired) electrons. The van der Waals surface area contributed by atoms with Crippen LogP contribution in [0, 0.1) is 0 Å². The van der Waals surface area contributed by atoms with Gasteiger partial charge in [-0.1, -0.05) is 6.08 Å². The van der Waals surface area contributed by atoms with Gasteiger partial charge in [0.2, 0.25) is 0 Å². The molecule has 3 fully saturated rings. The zero-order chi connectivity index (χ0) is 14.2. The lowest BCUT2D eigenvalue weighted by atomic mass is 9.71. The van der Waals surface area contributed by atoms with Gasteiger partial charge >= 0.3 is 7.12 Å². The Labute approximate surface area is 120 Å². The topological polar surface area (TPSA) is 36.9 Å². The maximum atomic E-state index is 6.16. The van der Waals surface area contributed by atoms with Crippen LogP contribution < -0.4 is 0 Å². The summed E-state index contributed by atoms with van der Waals surface area (Å²) in [6, 6.07) is 0. The van der Waals surface area contributed by atoms with E-state index in [2.05, 4.69) is 33.8 Å². The van der Waals surface area contributed by atoms with Crippen LogP contribution in [0.5, 0.6) is 0 Å². The Balaban J connectivity index is 1.56. The van der Waals surface area contributed by atoms with Crippen LogP contribution in [0.2, 0.25) is 0 Å². The van der Waals surface area contributed by atoms with E-state index in [1.54, 1.807) is 0 Å². The van der Waals surface area contributed by atoms with Gasteiger partial charge in [-0.05, 0) is 46.0 Å². The van der Waals surface area contributed by atoms with E-state index in [0.717, 1.165) is 25.9 Å². The smallest absolute Gasteiger partial charge is 0.400 e. The molecule has 2 saturated heterocycles. The van der Waals surface area contributed by atoms with Gasteiger partial charge in [-0.15, -0.1) is 0 Å². The van der Waals surface area contributed by atoms with Gasteiger partial charge in [0.05, 0.1) is 24.4 Å². The van der Waals surface area contributed by atoms with E-state index >= 15 is 0 Å². The highest BCUT2D eigenvalue weighted by molar-refractivity contribution is 6.54. The molecule has 1 unspecified atom stereocenters. The van der Waals surface area contributed by atoms with Crippen molar-refractivity contribution in [3.63, 3.8) is 0 Å². The Morgan fingerprint density at radius 3 is 2.20 bits per heavy atom. The molecule has 0 aromatic heterocycles. The van der Waals surface area contributed by atoms with Crippen LogP contribution in [0.4, 0.5) is 0 Å².